The Morgan fingerprint density at radius 3 is 2.76 bits per heavy atom. The molecule has 2 aliphatic rings. The molecule has 0 aromatic heterocycles. The third-order valence-electron chi connectivity index (χ3n) is 3.87. The molecule has 8 heteroatoms. The number of nitrogens with zero attached hydrogens (tertiary/aromatic N) is 2. The van der Waals surface area contributed by atoms with Gasteiger partial charge in [0.2, 0.25) is 5.91 Å². The molecule has 25 heavy (non-hydrogen) atoms. The summed E-state index contributed by atoms with van der Waals surface area (Å²) >= 11 is 0. The predicted molar refractivity (Wildman–Crippen MR) is 91.4 cm³/mol. The van der Waals surface area contributed by atoms with E-state index in [9.17, 15) is 14.4 Å². The molecule has 0 spiro atoms. The van der Waals surface area contributed by atoms with Crippen molar-refractivity contribution in [1.29, 1.82) is 0 Å². The summed E-state index contributed by atoms with van der Waals surface area (Å²) in [5.41, 5.74) is 0.0589. The van der Waals surface area contributed by atoms with E-state index in [0.717, 1.165) is 12.1 Å². The van der Waals surface area contributed by atoms with Crippen molar-refractivity contribution in [2.75, 3.05) is 20.2 Å². The van der Waals surface area contributed by atoms with Gasteiger partial charge < -0.3 is 19.7 Å². The number of fused-ring (bicyclic) bond motifs is 1. The average Bonchev–Trinajstić information content (AvgIpc) is 2.65. The van der Waals surface area contributed by atoms with Crippen LogP contribution in [-0.4, -0.2) is 66.5 Å². The molecule has 0 fully saturated rings. The van der Waals surface area contributed by atoms with Crippen LogP contribution in [0.4, 0.5) is 4.79 Å². The number of ether oxygens (including phenoxy) is 2. The minimum Gasteiger partial charge on any atom is -0.468 e. The van der Waals surface area contributed by atoms with E-state index in [2.05, 4.69) is 10.3 Å². The summed E-state index contributed by atoms with van der Waals surface area (Å²) in [4.78, 5) is 42.6. The molecule has 0 aromatic carbocycles. The number of hydrogen-bond donors (Lipinski definition) is 1. The fraction of sp³-hybridized carbons (Fsp3) is 0.647. The number of aliphatic imine (C=N–C) groups is 1. The van der Waals surface area contributed by atoms with Gasteiger partial charge in [-0.2, -0.15) is 0 Å². The maximum atomic E-state index is 12.9. The number of alkyl carbamates (subject to hydrolysis) is 1. The zero-order valence-electron chi connectivity index (χ0n) is 15.1. The van der Waals surface area contributed by atoms with Gasteiger partial charge in [-0.3, -0.25) is 14.6 Å². The highest BCUT2D eigenvalue weighted by molar-refractivity contribution is 6.04. The Balaban J connectivity index is 2.20. The van der Waals surface area contributed by atoms with E-state index in [0.29, 0.717) is 6.42 Å². The lowest BCUT2D eigenvalue weighted by Crippen LogP contribution is -2.55. The largest absolute Gasteiger partial charge is 0.468 e. The molecule has 2 amide bonds. The van der Waals surface area contributed by atoms with Crippen LogP contribution in [0.25, 0.3) is 0 Å². The summed E-state index contributed by atoms with van der Waals surface area (Å²) in [6, 6.07) is -1.17. The Morgan fingerprint density at radius 1 is 1.40 bits per heavy atom. The highest BCUT2D eigenvalue weighted by Gasteiger charge is 2.37. The number of nitrogens with one attached hydrogen (secondary N) is 1. The molecule has 1 aliphatic carbocycles. The summed E-state index contributed by atoms with van der Waals surface area (Å²) in [6.07, 6.45) is 4.62. The van der Waals surface area contributed by atoms with Gasteiger partial charge in [-0.15, -0.1) is 0 Å². The first-order chi connectivity index (χ1) is 11.7. The summed E-state index contributed by atoms with van der Waals surface area (Å²) in [6.45, 7) is 5.14. The molecule has 0 aromatic rings. The van der Waals surface area contributed by atoms with Crippen molar-refractivity contribution in [3.05, 3.63) is 12.2 Å². The second-order valence-corrected chi connectivity index (χ2v) is 7.00. The Labute approximate surface area is 147 Å². The number of rotatable bonds is 3. The third kappa shape index (κ3) is 5.04. The lowest BCUT2D eigenvalue weighted by Gasteiger charge is -2.32. The zero-order chi connectivity index (χ0) is 18.6. The summed E-state index contributed by atoms with van der Waals surface area (Å²) in [5, 5.41) is 2.56. The first kappa shape index (κ1) is 19.0. The average molecular weight is 351 g/mol. The van der Waals surface area contributed by atoms with E-state index >= 15 is 0 Å². The van der Waals surface area contributed by atoms with Crippen molar-refractivity contribution in [3.8, 4) is 0 Å². The minimum atomic E-state index is -0.883. The van der Waals surface area contributed by atoms with E-state index in [4.69, 9.17) is 9.47 Å². The Bertz CT molecular complexity index is 606. The van der Waals surface area contributed by atoms with Gasteiger partial charge in [-0.05, 0) is 39.7 Å². The molecule has 138 valence electrons. The molecule has 1 unspecified atom stereocenters. The molecule has 2 atom stereocenters. The number of carbonyl (C=O) groups excluding carboxylic acids is 3. The zero-order valence-corrected chi connectivity index (χ0v) is 15.1. The monoisotopic (exact) mass is 351 g/mol. The van der Waals surface area contributed by atoms with Crippen molar-refractivity contribution >= 4 is 23.7 Å². The topological polar surface area (TPSA) is 97.3 Å². The molecule has 0 bridgehead atoms. The summed E-state index contributed by atoms with van der Waals surface area (Å²) in [7, 11) is 1.27. The van der Waals surface area contributed by atoms with Crippen LogP contribution in [-0.2, 0) is 19.1 Å². The number of allylic oxidation sites excluding steroid dienone is 1. The Morgan fingerprint density at radius 2 is 2.12 bits per heavy atom. The maximum Gasteiger partial charge on any atom is 0.408 e. The van der Waals surface area contributed by atoms with Crippen LogP contribution in [0.2, 0.25) is 0 Å². The van der Waals surface area contributed by atoms with E-state index < -0.39 is 23.7 Å². The molecule has 0 saturated heterocycles. The van der Waals surface area contributed by atoms with Gasteiger partial charge in [0.1, 0.15) is 18.2 Å². The van der Waals surface area contributed by atoms with E-state index in [1.807, 2.05) is 12.2 Å². The standard InChI is InChI=1S/C17H25N3O5/c1-17(2,3)25-16(23)19-12-9-18-11-7-5-6-8-13(11)20(15(12)22)10-14(21)24-4/h5,7,12-13H,6,8-10H2,1-4H3,(H,19,23)/t12-,13?/m0/s1. The van der Waals surface area contributed by atoms with Crippen molar-refractivity contribution < 1.29 is 23.9 Å². The minimum absolute atomic E-state index is 0.103. The highest BCUT2D eigenvalue weighted by Crippen LogP contribution is 2.20. The maximum absolute atomic E-state index is 12.9. The van der Waals surface area contributed by atoms with E-state index in [-0.39, 0.29) is 25.0 Å². The first-order valence-corrected chi connectivity index (χ1v) is 8.29. The Kier molecular flexibility index (Phi) is 5.81. The quantitative estimate of drug-likeness (QED) is 0.767. The van der Waals surface area contributed by atoms with Crippen LogP contribution < -0.4 is 5.32 Å². The van der Waals surface area contributed by atoms with Crippen LogP contribution >= 0.6 is 0 Å². The van der Waals surface area contributed by atoms with Crippen LogP contribution in [0.3, 0.4) is 0 Å². The van der Waals surface area contributed by atoms with Gasteiger partial charge in [-0.25, -0.2) is 4.79 Å². The molecule has 1 heterocycles. The van der Waals surface area contributed by atoms with Crippen molar-refractivity contribution in [1.82, 2.24) is 10.2 Å². The van der Waals surface area contributed by atoms with Crippen molar-refractivity contribution in [2.45, 2.75) is 51.3 Å². The van der Waals surface area contributed by atoms with Crippen LogP contribution in [0.1, 0.15) is 33.6 Å². The second kappa shape index (κ2) is 7.67. The smallest absolute Gasteiger partial charge is 0.408 e. The first-order valence-electron chi connectivity index (χ1n) is 8.29. The number of carbonyl (C=O) groups is 3. The second-order valence-electron chi connectivity index (χ2n) is 7.00. The lowest BCUT2D eigenvalue weighted by molar-refractivity contribution is -0.148. The van der Waals surface area contributed by atoms with Gasteiger partial charge in [-0.1, -0.05) is 6.08 Å². The number of hydrogen-bond acceptors (Lipinski definition) is 6. The van der Waals surface area contributed by atoms with E-state index in [1.165, 1.54) is 12.0 Å². The molecule has 2 rings (SSSR count). The summed E-state index contributed by atoms with van der Waals surface area (Å²) in [5.74, 6) is -0.879. The van der Waals surface area contributed by atoms with Gasteiger partial charge in [0, 0.05) is 0 Å². The van der Waals surface area contributed by atoms with Gasteiger partial charge in [0.05, 0.1) is 25.4 Å². The molecule has 8 nitrogen and oxygen atoms in total. The molecule has 0 saturated carbocycles. The molecule has 1 N–H and O–H groups in total. The third-order valence-corrected chi connectivity index (χ3v) is 3.87. The predicted octanol–water partition coefficient (Wildman–Crippen LogP) is 1.05. The Hall–Kier alpha value is -2.38. The van der Waals surface area contributed by atoms with Crippen LogP contribution in [0, 0.1) is 0 Å². The van der Waals surface area contributed by atoms with Crippen LogP contribution in [0.15, 0.2) is 17.1 Å². The lowest BCUT2D eigenvalue weighted by atomic mass is 9.98. The molecule has 0 radical (unpaired) electrons. The number of methoxy groups -OCH3 is 1. The molecular formula is C17H25N3O5. The SMILES string of the molecule is COC(=O)CN1C(=O)[C@@H](NC(=O)OC(C)(C)C)CN=C2C=CCCC21. The molecular weight excluding hydrogens is 326 g/mol. The van der Waals surface area contributed by atoms with Crippen molar-refractivity contribution in [3.63, 3.8) is 0 Å². The highest BCUT2D eigenvalue weighted by atomic mass is 16.6. The number of amides is 2. The molecule has 1 aliphatic heterocycles. The number of esters is 1. The normalized spacial score (nSPS) is 23.3. The fourth-order valence-corrected chi connectivity index (χ4v) is 2.77. The van der Waals surface area contributed by atoms with E-state index in [1.54, 1.807) is 20.8 Å². The van der Waals surface area contributed by atoms with Gasteiger partial charge in [0.15, 0.2) is 0 Å². The van der Waals surface area contributed by atoms with Gasteiger partial charge in [0.25, 0.3) is 0 Å². The van der Waals surface area contributed by atoms with Crippen molar-refractivity contribution in [2.24, 2.45) is 4.99 Å². The fourth-order valence-electron chi connectivity index (χ4n) is 2.77. The summed E-state index contributed by atoms with van der Waals surface area (Å²) < 4.78 is 9.91. The van der Waals surface area contributed by atoms with Crippen LogP contribution in [0.5, 0.6) is 0 Å². The van der Waals surface area contributed by atoms with Gasteiger partial charge >= 0.3 is 12.1 Å².